The standard InChI is InChI=1S/C7H12N2O/c1-4-5(2)7(9-3)10-6(4)8/h4-5,8H,1-3H3/b8-6?,9-7-/t4-,5?/m0/s1. The van der Waals surface area contributed by atoms with Gasteiger partial charge in [-0.25, -0.2) is 0 Å². The SMILES string of the molecule is C/N=C1\OC(=N)[C@@H](C)C1C. The van der Waals surface area contributed by atoms with E-state index < -0.39 is 0 Å². The zero-order chi connectivity index (χ0) is 7.72. The lowest BCUT2D eigenvalue weighted by Gasteiger charge is -2.01. The minimum absolute atomic E-state index is 0.193. The van der Waals surface area contributed by atoms with Gasteiger partial charge in [-0.2, -0.15) is 0 Å². The van der Waals surface area contributed by atoms with Crippen LogP contribution >= 0.6 is 0 Å². The highest BCUT2D eigenvalue weighted by atomic mass is 16.5. The number of aliphatic imine (C=N–C) groups is 1. The Hall–Kier alpha value is -0.860. The van der Waals surface area contributed by atoms with E-state index in [-0.39, 0.29) is 11.8 Å². The summed E-state index contributed by atoms with van der Waals surface area (Å²) in [6.45, 7) is 4.00. The minimum atomic E-state index is 0.193. The maximum absolute atomic E-state index is 7.32. The summed E-state index contributed by atoms with van der Waals surface area (Å²) in [7, 11) is 1.69. The molecule has 0 aliphatic carbocycles. The molecule has 1 aliphatic heterocycles. The molecule has 1 heterocycles. The van der Waals surface area contributed by atoms with Crippen molar-refractivity contribution in [3.05, 3.63) is 0 Å². The molecule has 10 heavy (non-hydrogen) atoms. The molecular formula is C7H12N2O. The predicted octanol–water partition coefficient (Wildman–Crippen LogP) is 1.29. The van der Waals surface area contributed by atoms with Gasteiger partial charge in [0, 0.05) is 18.9 Å². The fourth-order valence-corrected chi connectivity index (χ4v) is 0.989. The molecule has 1 N–H and O–H groups in total. The summed E-state index contributed by atoms with van der Waals surface area (Å²) in [5.74, 6) is 1.50. The Morgan fingerprint density at radius 2 is 2.00 bits per heavy atom. The van der Waals surface area contributed by atoms with Crippen LogP contribution in [-0.4, -0.2) is 18.8 Å². The lowest BCUT2D eigenvalue weighted by atomic mass is 9.99. The van der Waals surface area contributed by atoms with Gasteiger partial charge in [-0.1, -0.05) is 13.8 Å². The maximum atomic E-state index is 7.32. The van der Waals surface area contributed by atoms with Gasteiger partial charge in [0.25, 0.3) is 0 Å². The van der Waals surface area contributed by atoms with Gasteiger partial charge in [0.1, 0.15) is 0 Å². The Kier molecular flexibility index (Phi) is 1.74. The Labute approximate surface area is 60.6 Å². The first-order valence-electron chi connectivity index (χ1n) is 3.39. The van der Waals surface area contributed by atoms with Crippen molar-refractivity contribution in [2.24, 2.45) is 16.8 Å². The van der Waals surface area contributed by atoms with Crippen molar-refractivity contribution in [2.75, 3.05) is 7.05 Å². The van der Waals surface area contributed by atoms with E-state index in [9.17, 15) is 0 Å². The van der Waals surface area contributed by atoms with E-state index >= 15 is 0 Å². The molecule has 3 nitrogen and oxygen atoms in total. The third kappa shape index (κ3) is 0.916. The molecule has 0 saturated carbocycles. The van der Waals surface area contributed by atoms with E-state index in [1.165, 1.54) is 0 Å². The highest BCUT2D eigenvalue weighted by Gasteiger charge is 2.32. The van der Waals surface area contributed by atoms with Crippen molar-refractivity contribution in [1.29, 1.82) is 5.41 Å². The van der Waals surface area contributed by atoms with Crippen molar-refractivity contribution < 1.29 is 4.74 Å². The van der Waals surface area contributed by atoms with Gasteiger partial charge in [0.05, 0.1) is 0 Å². The van der Waals surface area contributed by atoms with Crippen LogP contribution in [0.3, 0.4) is 0 Å². The van der Waals surface area contributed by atoms with Crippen LogP contribution in [0.5, 0.6) is 0 Å². The van der Waals surface area contributed by atoms with Crippen molar-refractivity contribution in [2.45, 2.75) is 13.8 Å². The first-order chi connectivity index (χ1) is 4.66. The van der Waals surface area contributed by atoms with Gasteiger partial charge in [0.2, 0.25) is 0 Å². The molecule has 1 saturated heterocycles. The molecule has 1 aliphatic rings. The third-order valence-corrected chi connectivity index (χ3v) is 1.99. The number of ether oxygens (including phenoxy) is 1. The van der Waals surface area contributed by atoms with Crippen LogP contribution in [0.15, 0.2) is 4.99 Å². The van der Waals surface area contributed by atoms with Crippen molar-refractivity contribution in [3.63, 3.8) is 0 Å². The van der Waals surface area contributed by atoms with Crippen LogP contribution < -0.4 is 0 Å². The van der Waals surface area contributed by atoms with Crippen molar-refractivity contribution in [3.8, 4) is 0 Å². The number of hydrogen-bond donors (Lipinski definition) is 1. The minimum Gasteiger partial charge on any atom is -0.429 e. The second kappa shape index (κ2) is 2.40. The molecular weight excluding hydrogens is 128 g/mol. The summed E-state index contributed by atoms with van der Waals surface area (Å²) in [6, 6.07) is 0. The number of nitrogens with zero attached hydrogens (tertiary/aromatic N) is 1. The molecule has 0 amide bonds. The highest BCUT2D eigenvalue weighted by molar-refractivity contribution is 5.99. The fraction of sp³-hybridized carbons (Fsp3) is 0.714. The lowest BCUT2D eigenvalue weighted by Crippen LogP contribution is -2.09. The summed E-state index contributed by atoms with van der Waals surface area (Å²) in [6.07, 6.45) is 0. The van der Waals surface area contributed by atoms with Gasteiger partial charge in [-0.3, -0.25) is 10.4 Å². The third-order valence-electron chi connectivity index (χ3n) is 1.99. The van der Waals surface area contributed by atoms with Gasteiger partial charge in [-0.05, 0) is 0 Å². The van der Waals surface area contributed by atoms with E-state index in [2.05, 4.69) is 4.99 Å². The highest BCUT2D eigenvalue weighted by Crippen LogP contribution is 2.23. The fourth-order valence-electron chi connectivity index (χ4n) is 0.989. The van der Waals surface area contributed by atoms with Crippen LogP contribution in [0.1, 0.15) is 13.8 Å². The average Bonchev–Trinajstić information content (AvgIpc) is 2.17. The molecule has 1 unspecified atom stereocenters. The normalized spacial score (nSPS) is 36.7. The molecule has 56 valence electrons. The number of hydrogen-bond acceptors (Lipinski definition) is 3. The van der Waals surface area contributed by atoms with Crippen LogP contribution in [0.25, 0.3) is 0 Å². The molecule has 0 aromatic rings. The van der Waals surface area contributed by atoms with Crippen molar-refractivity contribution in [1.82, 2.24) is 0 Å². The van der Waals surface area contributed by atoms with Crippen LogP contribution in [0.2, 0.25) is 0 Å². The molecule has 0 bridgehead atoms. The predicted molar refractivity (Wildman–Crippen MR) is 40.5 cm³/mol. The number of rotatable bonds is 0. The number of nitrogens with one attached hydrogen (secondary N) is 1. The summed E-state index contributed by atoms with van der Waals surface area (Å²) in [5.41, 5.74) is 0. The summed E-state index contributed by atoms with van der Waals surface area (Å²) in [4.78, 5) is 3.92. The Bertz CT molecular complexity index is 186. The molecule has 0 radical (unpaired) electrons. The van der Waals surface area contributed by atoms with Crippen molar-refractivity contribution >= 4 is 11.8 Å². The molecule has 3 heteroatoms. The Balaban J connectivity index is 2.81. The van der Waals surface area contributed by atoms with E-state index in [4.69, 9.17) is 10.1 Å². The smallest absolute Gasteiger partial charge is 0.195 e. The first kappa shape index (κ1) is 7.25. The Morgan fingerprint density at radius 3 is 2.20 bits per heavy atom. The van der Waals surface area contributed by atoms with E-state index in [0.29, 0.717) is 11.8 Å². The second-order valence-corrected chi connectivity index (χ2v) is 2.61. The first-order valence-corrected chi connectivity index (χ1v) is 3.39. The quantitative estimate of drug-likeness (QED) is 0.541. The lowest BCUT2D eigenvalue weighted by molar-refractivity contribution is 0.540. The van der Waals surface area contributed by atoms with Crippen LogP contribution in [0.4, 0.5) is 0 Å². The van der Waals surface area contributed by atoms with Gasteiger partial charge in [0.15, 0.2) is 11.8 Å². The topological polar surface area (TPSA) is 45.4 Å². The molecule has 1 rings (SSSR count). The van der Waals surface area contributed by atoms with E-state index in [0.717, 1.165) is 0 Å². The Morgan fingerprint density at radius 1 is 1.40 bits per heavy atom. The second-order valence-electron chi connectivity index (χ2n) is 2.61. The molecule has 0 spiro atoms. The largest absolute Gasteiger partial charge is 0.429 e. The monoisotopic (exact) mass is 140 g/mol. The summed E-state index contributed by atoms with van der Waals surface area (Å²) < 4.78 is 5.07. The molecule has 2 atom stereocenters. The van der Waals surface area contributed by atoms with Gasteiger partial charge in [-0.15, -0.1) is 0 Å². The zero-order valence-corrected chi connectivity index (χ0v) is 6.51. The van der Waals surface area contributed by atoms with Crippen LogP contribution in [0, 0.1) is 17.2 Å². The van der Waals surface area contributed by atoms with Crippen LogP contribution in [-0.2, 0) is 4.74 Å². The molecule has 0 aromatic carbocycles. The van der Waals surface area contributed by atoms with Gasteiger partial charge >= 0.3 is 0 Å². The zero-order valence-electron chi connectivity index (χ0n) is 6.51. The summed E-state index contributed by atoms with van der Waals surface area (Å²) in [5, 5.41) is 7.32. The molecule has 0 aromatic heterocycles. The summed E-state index contributed by atoms with van der Waals surface area (Å²) >= 11 is 0. The molecule has 1 fully saturated rings. The maximum Gasteiger partial charge on any atom is 0.195 e. The average molecular weight is 140 g/mol. The van der Waals surface area contributed by atoms with E-state index in [1.54, 1.807) is 7.05 Å². The van der Waals surface area contributed by atoms with Gasteiger partial charge < -0.3 is 4.74 Å². The van der Waals surface area contributed by atoms with E-state index in [1.807, 2.05) is 13.8 Å².